The van der Waals surface area contributed by atoms with Crippen LogP contribution in [0.15, 0.2) is 16.7 Å². The van der Waals surface area contributed by atoms with Gasteiger partial charge in [-0.2, -0.15) is 0 Å². The Bertz CT molecular complexity index is 529. The number of benzene rings is 1. The summed E-state index contributed by atoms with van der Waals surface area (Å²) in [4.78, 5) is 10.9. The van der Waals surface area contributed by atoms with Crippen LogP contribution in [0.3, 0.4) is 0 Å². The van der Waals surface area contributed by atoms with Gasteiger partial charge in [0.15, 0.2) is 5.75 Å². The molecule has 1 heterocycles. The van der Waals surface area contributed by atoms with E-state index in [0.717, 1.165) is 5.39 Å². The van der Waals surface area contributed by atoms with Crippen LogP contribution in [0.5, 0.6) is 5.75 Å². The fourth-order valence-electron chi connectivity index (χ4n) is 1.47. The van der Waals surface area contributed by atoms with Crippen LogP contribution in [0.4, 0.5) is 0 Å². The maximum Gasteiger partial charge on any atom is 0.339 e. The third-order valence-corrected chi connectivity index (χ3v) is 2.21. The van der Waals surface area contributed by atoms with Gasteiger partial charge < -0.3 is 14.4 Å². The Morgan fingerprint density at radius 2 is 2.27 bits per heavy atom. The van der Waals surface area contributed by atoms with E-state index < -0.39 is 5.97 Å². The number of fused-ring (bicyclic) bond motifs is 1. The van der Waals surface area contributed by atoms with Crippen molar-refractivity contribution in [3.8, 4) is 5.75 Å². The molecule has 0 aliphatic rings. The minimum absolute atomic E-state index is 0.0705. The van der Waals surface area contributed by atoms with Crippen molar-refractivity contribution in [1.82, 2.24) is 5.16 Å². The molecular formula is C10H9NO4. The van der Waals surface area contributed by atoms with E-state index in [1.807, 2.05) is 0 Å². The van der Waals surface area contributed by atoms with Gasteiger partial charge in [-0.25, -0.2) is 4.79 Å². The van der Waals surface area contributed by atoms with Crippen LogP contribution in [0.25, 0.3) is 11.0 Å². The van der Waals surface area contributed by atoms with E-state index in [4.69, 9.17) is 14.4 Å². The molecule has 0 radical (unpaired) electrons. The molecule has 0 amide bonds. The Labute approximate surface area is 85.2 Å². The fraction of sp³-hybridized carbons (Fsp3) is 0.200. The van der Waals surface area contributed by atoms with Gasteiger partial charge in [-0.05, 0) is 19.1 Å². The summed E-state index contributed by atoms with van der Waals surface area (Å²) >= 11 is 0. The Morgan fingerprint density at radius 3 is 2.87 bits per heavy atom. The zero-order valence-electron chi connectivity index (χ0n) is 8.27. The largest absolute Gasteiger partial charge is 0.492 e. The molecule has 0 aliphatic carbocycles. The first-order chi connectivity index (χ1) is 7.15. The Balaban J connectivity index is 2.82. The highest BCUT2D eigenvalue weighted by atomic mass is 16.5. The molecule has 1 N–H and O–H groups in total. The summed E-state index contributed by atoms with van der Waals surface area (Å²) in [6.07, 6.45) is 0. The van der Waals surface area contributed by atoms with E-state index in [0.29, 0.717) is 11.3 Å². The number of hydrogen-bond donors (Lipinski definition) is 1. The van der Waals surface area contributed by atoms with Crippen molar-refractivity contribution in [2.75, 3.05) is 7.11 Å². The van der Waals surface area contributed by atoms with Gasteiger partial charge in [-0.3, -0.25) is 0 Å². The first-order valence-electron chi connectivity index (χ1n) is 4.31. The van der Waals surface area contributed by atoms with Crippen molar-refractivity contribution in [2.24, 2.45) is 0 Å². The number of hydrogen-bond acceptors (Lipinski definition) is 4. The lowest BCUT2D eigenvalue weighted by molar-refractivity contribution is 0.0693. The standard InChI is InChI=1S/C10H9NO4/c1-5-6-3-4-7(10(12)13)8(14-2)9(6)15-11-5/h3-4H,1-2H3,(H,12,13). The van der Waals surface area contributed by atoms with Crippen molar-refractivity contribution in [2.45, 2.75) is 6.92 Å². The van der Waals surface area contributed by atoms with Crippen LogP contribution in [-0.4, -0.2) is 23.3 Å². The van der Waals surface area contributed by atoms with Crippen LogP contribution in [0.1, 0.15) is 16.1 Å². The molecule has 0 fully saturated rings. The zero-order chi connectivity index (χ0) is 11.0. The lowest BCUT2D eigenvalue weighted by Crippen LogP contribution is -2.00. The summed E-state index contributed by atoms with van der Waals surface area (Å²) in [5.41, 5.74) is 1.15. The highest BCUT2D eigenvalue weighted by molar-refractivity contribution is 5.98. The van der Waals surface area contributed by atoms with E-state index in [1.165, 1.54) is 13.2 Å². The van der Waals surface area contributed by atoms with Crippen molar-refractivity contribution in [3.05, 3.63) is 23.4 Å². The third kappa shape index (κ3) is 1.32. The van der Waals surface area contributed by atoms with Gasteiger partial charge in [-0.1, -0.05) is 5.16 Å². The normalized spacial score (nSPS) is 10.5. The van der Waals surface area contributed by atoms with E-state index in [2.05, 4.69) is 5.16 Å². The summed E-state index contributed by atoms with van der Waals surface area (Å²) in [6.45, 7) is 1.78. The third-order valence-electron chi connectivity index (χ3n) is 2.21. The monoisotopic (exact) mass is 207 g/mol. The number of carboxylic acids is 1. The molecule has 5 heteroatoms. The van der Waals surface area contributed by atoms with Crippen molar-refractivity contribution < 1.29 is 19.2 Å². The summed E-state index contributed by atoms with van der Waals surface area (Å²) < 4.78 is 10.0. The molecule has 0 bridgehead atoms. The van der Waals surface area contributed by atoms with E-state index in [9.17, 15) is 4.79 Å². The Morgan fingerprint density at radius 1 is 1.53 bits per heavy atom. The second kappa shape index (κ2) is 3.27. The Kier molecular flexibility index (Phi) is 2.07. The summed E-state index contributed by atoms with van der Waals surface area (Å²) in [5, 5.41) is 13.4. The molecular weight excluding hydrogens is 198 g/mol. The second-order valence-corrected chi connectivity index (χ2v) is 3.10. The summed E-state index contributed by atoms with van der Waals surface area (Å²) in [6, 6.07) is 3.14. The molecule has 78 valence electrons. The molecule has 0 aliphatic heterocycles. The smallest absolute Gasteiger partial charge is 0.339 e. The second-order valence-electron chi connectivity index (χ2n) is 3.10. The van der Waals surface area contributed by atoms with Gasteiger partial charge in [0.25, 0.3) is 0 Å². The van der Waals surface area contributed by atoms with Crippen LogP contribution >= 0.6 is 0 Å². The number of aromatic nitrogens is 1. The quantitative estimate of drug-likeness (QED) is 0.813. The number of carbonyl (C=O) groups is 1. The molecule has 0 saturated heterocycles. The first-order valence-corrected chi connectivity index (χ1v) is 4.31. The highest BCUT2D eigenvalue weighted by Gasteiger charge is 2.18. The van der Waals surface area contributed by atoms with Crippen molar-refractivity contribution >= 4 is 16.9 Å². The number of aryl methyl sites for hydroxylation is 1. The number of nitrogens with zero attached hydrogens (tertiary/aromatic N) is 1. The molecule has 0 atom stereocenters. The number of carboxylic acid groups (broad SMARTS) is 1. The number of methoxy groups -OCH3 is 1. The molecule has 0 unspecified atom stereocenters. The van der Waals surface area contributed by atoms with E-state index in [-0.39, 0.29) is 11.3 Å². The van der Waals surface area contributed by atoms with Crippen LogP contribution in [0.2, 0.25) is 0 Å². The van der Waals surface area contributed by atoms with E-state index in [1.54, 1.807) is 13.0 Å². The predicted octanol–water partition coefficient (Wildman–Crippen LogP) is 1.84. The zero-order valence-corrected chi connectivity index (χ0v) is 8.27. The van der Waals surface area contributed by atoms with Gasteiger partial charge in [0.05, 0.1) is 12.8 Å². The Hall–Kier alpha value is -2.04. The summed E-state index contributed by atoms with van der Waals surface area (Å²) in [7, 11) is 1.40. The van der Waals surface area contributed by atoms with Crippen molar-refractivity contribution in [3.63, 3.8) is 0 Å². The fourth-order valence-corrected chi connectivity index (χ4v) is 1.47. The molecule has 5 nitrogen and oxygen atoms in total. The molecule has 1 aromatic heterocycles. The van der Waals surface area contributed by atoms with Gasteiger partial charge >= 0.3 is 5.97 Å². The molecule has 1 aromatic carbocycles. The maximum absolute atomic E-state index is 10.9. The maximum atomic E-state index is 10.9. The minimum atomic E-state index is -1.05. The van der Waals surface area contributed by atoms with Gasteiger partial charge in [0.2, 0.25) is 5.58 Å². The average Bonchev–Trinajstić information content (AvgIpc) is 2.59. The molecule has 15 heavy (non-hydrogen) atoms. The SMILES string of the molecule is COc1c(C(=O)O)ccc2c(C)noc12. The number of rotatable bonds is 2. The van der Waals surface area contributed by atoms with E-state index >= 15 is 0 Å². The lowest BCUT2D eigenvalue weighted by atomic mass is 10.1. The molecule has 2 rings (SSSR count). The topological polar surface area (TPSA) is 72.6 Å². The minimum Gasteiger partial charge on any atom is -0.492 e. The summed E-state index contributed by atoms with van der Waals surface area (Å²) in [5.74, 6) is -0.844. The number of ether oxygens (including phenoxy) is 1. The first kappa shape index (κ1) is 9.51. The van der Waals surface area contributed by atoms with Gasteiger partial charge in [0.1, 0.15) is 5.56 Å². The van der Waals surface area contributed by atoms with Crippen molar-refractivity contribution in [1.29, 1.82) is 0 Å². The number of aromatic carboxylic acids is 1. The average molecular weight is 207 g/mol. The van der Waals surface area contributed by atoms with Gasteiger partial charge in [-0.15, -0.1) is 0 Å². The van der Waals surface area contributed by atoms with Crippen LogP contribution < -0.4 is 4.74 Å². The molecule has 0 spiro atoms. The van der Waals surface area contributed by atoms with Gasteiger partial charge in [0, 0.05) is 5.39 Å². The highest BCUT2D eigenvalue weighted by Crippen LogP contribution is 2.31. The lowest BCUT2D eigenvalue weighted by Gasteiger charge is -2.03. The molecule has 2 aromatic rings. The predicted molar refractivity (Wildman–Crippen MR) is 52.3 cm³/mol. The van der Waals surface area contributed by atoms with Crippen LogP contribution in [0, 0.1) is 6.92 Å². The molecule has 0 saturated carbocycles. The van der Waals surface area contributed by atoms with Crippen LogP contribution in [-0.2, 0) is 0 Å².